The van der Waals surface area contributed by atoms with E-state index in [1.54, 1.807) is 6.92 Å². The van der Waals surface area contributed by atoms with Gasteiger partial charge in [-0.05, 0) is 31.0 Å². The summed E-state index contributed by atoms with van der Waals surface area (Å²) in [6.45, 7) is 4.16. The molecule has 0 atom stereocenters. The molecule has 0 unspecified atom stereocenters. The fourth-order valence-electron chi connectivity index (χ4n) is 2.29. The third-order valence-electron chi connectivity index (χ3n) is 3.60. The number of alkyl halides is 6. The molecule has 4 nitrogen and oxygen atoms in total. The molecule has 27 heavy (non-hydrogen) atoms. The van der Waals surface area contributed by atoms with E-state index in [0.717, 1.165) is 6.42 Å². The lowest BCUT2D eigenvalue weighted by atomic mass is 10.1. The number of hydrogen-bond acceptors (Lipinski definition) is 2. The maximum absolute atomic E-state index is 12.8. The summed E-state index contributed by atoms with van der Waals surface area (Å²) in [6, 6.07) is 0.662. The lowest BCUT2D eigenvalue weighted by Crippen LogP contribution is -2.40. The minimum Gasteiger partial charge on any atom is -0.334 e. The van der Waals surface area contributed by atoms with Gasteiger partial charge in [-0.25, -0.2) is 0 Å². The molecule has 0 aliphatic rings. The van der Waals surface area contributed by atoms with Crippen molar-refractivity contribution in [1.82, 2.24) is 4.90 Å². The van der Waals surface area contributed by atoms with E-state index in [9.17, 15) is 35.9 Å². The molecular weight excluding hydrogens is 378 g/mol. The number of hydrogen-bond donors (Lipinski definition) is 1. The van der Waals surface area contributed by atoms with Crippen LogP contribution in [0.4, 0.5) is 32.0 Å². The first-order valence-corrected chi connectivity index (χ1v) is 8.29. The predicted octanol–water partition coefficient (Wildman–Crippen LogP) is 4.70. The number of nitrogens with zero attached hydrogens (tertiary/aromatic N) is 1. The molecule has 0 aromatic heterocycles. The maximum Gasteiger partial charge on any atom is 0.416 e. The number of rotatable bonds is 6. The molecule has 1 aromatic rings. The first-order valence-electron chi connectivity index (χ1n) is 8.29. The average molecular weight is 398 g/mol. The molecule has 0 spiro atoms. The summed E-state index contributed by atoms with van der Waals surface area (Å²) < 4.78 is 77.1. The van der Waals surface area contributed by atoms with Crippen LogP contribution in [0.25, 0.3) is 0 Å². The van der Waals surface area contributed by atoms with Gasteiger partial charge < -0.3 is 10.2 Å². The summed E-state index contributed by atoms with van der Waals surface area (Å²) in [5.74, 6) is -2.29. The van der Waals surface area contributed by atoms with E-state index in [0.29, 0.717) is 25.0 Å². The Balaban J connectivity index is 3.11. The van der Waals surface area contributed by atoms with Crippen LogP contribution in [0.5, 0.6) is 0 Å². The zero-order valence-electron chi connectivity index (χ0n) is 14.8. The number of carbonyl (C=O) groups is 2. The zero-order valence-corrected chi connectivity index (χ0v) is 14.8. The highest BCUT2D eigenvalue weighted by atomic mass is 19.4. The Morgan fingerprint density at radius 1 is 0.889 bits per heavy atom. The quantitative estimate of drug-likeness (QED) is 0.558. The Kier molecular flexibility index (Phi) is 7.67. The van der Waals surface area contributed by atoms with Crippen LogP contribution in [0.3, 0.4) is 0 Å². The lowest BCUT2D eigenvalue weighted by molar-refractivity contribution is -0.143. The van der Waals surface area contributed by atoms with Crippen molar-refractivity contribution in [2.45, 2.75) is 45.5 Å². The number of carbonyl (C=O) groups excluding carboxylic acids is 2. The molecule has 0 fully saturated rings. The smallest absolute Gasteiger partial charge is 0.334 e. The monoisotopic (exact) mass is 398 g/mol. The maximum atomic E-state index is 12.8. The SMILES string of the molecule is CCCCN(CCC)C(=O)C(=O)Nc1cc(C(F)(F)F)cc(C(F)(F)F)c1. The van der Waals surface area contributed by atoms with Crippen LogP contribution in [0, 0.1) is 0 Å². The molecule has 1 aromatic carbocycles. The van der Waals surface area contributed by atoms with Gasteiger partial charge in [-0.3, -0.25) is 9.59 Å². The fraction of sp³-hybridized carbons (Fsp3) is 0.529. The van der Waals surface area contributed by atoms with Crippen molar-refractivity contribution in [3.63, 3.8) is 0 Å². The minimum atomic E-state index is -5.04. The highest BCUT2D eigenvalue weighted by molar-refractivity contribution is 6.39. The Hall–Kier alpha value is -2.26. The largest absolute Gasteiger partial charge is 0.416 e. The zero-order chi connectivity index (χ0) is 20.8. The third-order valence-corrected chi connectivity index (χ3v) is 3.60. The van der Waals surface area contributed by atoms with Crippen molar-refractivity contribution in [1.29, 1.82) is 0 Å². The van der Waals surface area contributed by atoms with Crippen LogP contribution in [0.2, 0.25) is 0 Å². The van der Waals surface area contributed by atoms with Crippen LogP contribution < -0.4 is 5.32 Å². The van der Waals surface area contributed by atoms with Crippen molar-refractivity contribution in [2.24, 2.45) is 0 Å². The first kappa shape index (κ1) is 22.8. The third kappa shape index (κ3) is 6.76. The van der Waals surface area contributed by atoms with Gasteiger partial charge in [0.05, 0.1) is 11.1 Å². The Morgan fingerprint density at radius 2 is 1.41 bits per heavy atom. The molecule has 0 saturated heterocycles. The standard InChI is InChI=1S/C17H20F6N2O2/c1-3-5-7-25(6-4-2)15(27)14(26)24-13-9-11(16(18,19)20)8-12(10-13)17(21,22)23/h8-10H,3-7H2,1-2H3,(H,24,26). The van der Waals surface area contributed by atoms with Crippen LogP contribution >= 0.6 is 0 Å². The van der Waals surface area contributed by atoms with Crippen molar-refractivity contribution < 1.29 is 35.9 Å². The van der Waals surface area contributed by atoms with Gasteiger partial charge in [0.25, 0.3) is 0 Å². The van der Waals surface area contributed by atoms with Gasteiger partial charge in [0.15, 0.2) is 0 Å². The molecule has 0 bridgehead atoms. The highest BCUT2D eigenvalue weighted by Gasteiger charge is 2.37. The number of halogens is 6. The van der Waals surface area contributed by atoms with Gasteiger partial charge in [0.1, 0.15) is 0 Å². The number of nitrogens with one attached hydrogen (secondary N) is 1. The molecule has 0 saturated carbocycles. The Bertz CT molecular complexity index is 638. The molecular formula is C17H20F6N2O2. The lowest BCUT2D eigenvalue weighted by Gasteiger charge is -2.21. The van der Waals surface area contributed by atoms with E-state index in [1.165, 1.54) is 4.90 Å². The van der Waals surface area contributed by atoms with Crippen molar-refractivity contribution in [2.75, 3.05) is 18.4 Å². The summed E-state index contributed by atoms with van der Waals surface area (Å²) in [5.41, 5.74) is -3.89. The highest BCUT2D eigenvalue weighted by Crippen LogP contribution is 2.37. The topological polar surface area (TPSA) is 49.4 Å². The van der Waals surface area contributed by atoms with E-state index >= 15 is 0 Å². The molecule has 2 amide bonds. The van der Waals surface area contributed by atoms with Crippen LogP contribution in [0.15, 0.2) is 18.2 Å². The van der Waals surface area contributed by atoms with Crippen molar-refractivity contribution in [3.05, 3.63) is 29.3 Å². The van der Waals surface area contributed by atoms with Gasteiger partial charge >= 0.3 is 24.2 Å². The molecule has 0 radical (unpaired) electrons. The number of amides is 2. The molecule has 1 rings (SSSR count). The van der Waals surface area contributed by atoms with E-state index in [-0.39, 0.29) is 19.2 Å². The van der Waals surface area contributed by atoms with Gasteiger partial charge in [0.2, 0.25) is 0 Å². The molecule has 0 aliphatic carbocycles. The second kappa shape index (κ2) is 9.09. The molecule has 1 N–H and O–H groups in total. The fourth-order valence-corrected chi connectivity index (χ4v) is 2.29. The summed E-state index contributed by atoms with van der Waals surface area (Å²) in [4.78, 5) is 25.4. The second-order valence-corrected chi connectivity index (χ2v) is 5.89. The summed E-state index contributed by atoms with van der Waals surface area (Å²) in [6.07, 6.45) is -8.18. The van der Waals surface area contributed by atoms with Crippen molar-refractivity contribution in [3.8, 4) is 0 Å². The number of benzene rings is 1. The minimum absolute atomic E-state index is 0.0535. The van der Waals surface area contributed by atoms with Crippen LogP contribution in [-0.4, -0.2) is 29.8 Å². The van der Waals surface area contributed by atoms with E-state index < -0.39 is 41.0 Å². The van der Waals surface area contributed by atoms with E-state index in [1.807, 2.05) is 12.2 Å². The van der Waals surface area contributed by atoms with Gasteiger partial charge in [-0.2, -0.15) is 26.3 Å². The molecule has 152 valence electrons. The summed E-state index contributed by atoms with van der Waals surface area (Å²) >= 11 is 0. The average Bonchev–Trinajstić information content (AvgIpc) is 2.56. The number of anilines is 1. The summed E-state index contributed by atoms with van der Waals surface area (Å²) in [7, 11) is 0. The van der Waals surface area contributed by atoms with Crippen LogP contribution in [-0.2, 0) is 21.9 Å². The van der Waals surface area contributed by atoms with Gasteiger partial charge in [-0.15, -0.1) is 0 Å². The Labute approximate surface area is 152 Å². The predicted molar refractivity (Wildman–Crippen MR) is 86.9 cm³/mol. The van der Waals surface area contributed by atoms with Crippen LogP contribution in [0.1, 0.15) is 44.2 Å². The Morgan fingerprint density at radius 3 is 1.81 bits per heavy atom. The van der Waals surface area contributed by atoms with E-state index in [2.05, 4.69) is 0 Å². The van der Waals surface area contributed by atoms with Gasteiger partial charge in [0, 0.05) is 18.8 Å². The molecule has 0 aliphatic heterocycles. The number of unbranched alkanes of at least 4 members (excludes halogenated alkanes) is 1. The second-order valence-electron chi connectivity index (χ2n) is 5.89. The normalized spacial score (nSPS) is 12.0. The summed E-state index contributed by atoms with van der Waals surface area (Å²) in [5, 5.41) is 1.85. The van der Waals surface area contributed by atoms with Gasteiger partial charge in [-0.1, -0.05) is 20.3 Å². The van der Waals surface area contributed by atoms with Crippen molar-refractivity contribution >= 4 is 17.5 Å². The molecule has 0 heterocycles. The van der Waals surface area contributed by atoms with E-state index in [4.69, 9.17) is 0 Å². The first-order chi connectivity index (χ1) is 12.4. The molecule has 10 heteroatoms.